The van der Waals surface area contributed by atoms with Crippen LogP contribution in [0.2, 0.25) is 0 Å². The SMILES string of the molecule is CC(C)c1ccc(CNC(=O)CC2(N)CCCC2)cc1. The first-order valence-corrected chi connectivity index (χ1v) is 7.63. The third kappa shape index (κ3) is 4.07. The molecule has 1 aliphatic rings. The second-order valence-electron chi connectivity index (χ2n) is 6.42. The van der Waals surface area contributed by atoms with Crippen LogP contribution < -0.4 is 11.1 Å². The maximum Gasteiger partial charge on any atom is 0.222 e. The van der Waals surface area contributed by atoms with E-state index in [0.29, 0.717) is 18.9 Å². The topological polar surface area (TPSA) is 55.1 Å². The van der Waals surface area contributed by atoms with Crippen LogP contribution in [0.3, 0.4) is 0 Å². The second kappa shape index (κ2) is 6.40. The maximum absolute atomic E-state index is 12.0. The number of nitrogens with one attached hydrogen (secondary N) is 1. The molecule has 20 heavy (non-hydrogen) atoms. The molecule has 0 saturated heterocycles. The molecule has 1 aromatic carbocycles. The fourth-order valence-corrected chi connectivity index (χ4v) is 2.86. The van der Waals surface area contributed by atoms with Crippen molar-refractivity contribution in [1.82, 2.24) is 5.32 Å². The van der Waals surface area contributed by atoms with Gasteiger partial charge in [0.1, 0.15) is 0 Å². The minimum Gasteiger partial charge on any atom is -0.352 e. The van der Waals surface area contributed by atoms with Gasteiger partial charge in [-0.15, -0.1) is 0 Å². The van der Waals surface area contributed by atoms with Gasteiger partial charge < -0.3 is 11.1 Å². The van der Waals surface area contributed by atoms with E-state index in [1.54, 1.807) is 0 Å². The van der Waals surface area contributed by atoms with Gasteiger partial charge in [-0.2, -0.15) is 0 Å². The van der Waals surface area contributed by atoms with E-state index in [-0.39, 0.29) is 11.4 Å². The van der Waals surface area contributed by atoms with Gasteiger partial charge in [0, 0.05) is 18.5 Å². The molecule has 0 spiro atoms. The van der Waals surface area contributed by atoms with Crippen LogP contribution in [0.1, 0.15) is 63.0 Å². The first kappa shape index (κ1) is 15.0. The summed E-state index contributed by atoms with van der Waals surface area (Å²) in [6.45, 7) is 4.95. The number of hydrogen-bond acceptors (Lipinski definition) is 2. The molecule has 0 aliphatic heterocycles. The Kier molecular flexibility index (Phi) is 4.81. The quantitative estimate of drug-likeness (QED) is 0.867. The van der Waals surface area contributed by atoms with Gasteiger partial charge in [0.15, 0.2) is 0 Å². The Bertz CT molecular complexity index is 445. The molecule has 1 saturated carbocycles. The highest BCUT2D eigenvalue weighted by Crippen LogP contribution is 2.29. The van der Waals surface area contributed by atoms with Gasteiger partial charge in [0.05, 0.1) is 0 Å². The van der Waals surface area contributed by atoms with Crippen molar-refractivity contribution < 1.29 is 4.79 Å². The van der Waals surface area contributed by atoms with E-state index < -0.39 is 0 Å². The van der Waals surface area contributed by atoms with E-state index in [9.17, 15) is 4.79 Å². The van der Waals surface area contributed by atoms with E-state index in [1.165, 1.54) is 5.56 Å². The molecule has 0 radical (unpaired) electrons. The van der Waals surface area contributed by atoms with E-state index >= 15 is 0 Å². The lowest BCUT2D eigenvalue weighted by molar-refractivity contribution is -0.122. The molecular formula is C17H26N2O. The van der Waals surface area contributed by atoms with E-state index in [2.05, 4.69) is 43.4 Å². The Hall–Kier alpha value is -1.35. The lowest BCUT2D eigenvalue weighted by atomic mass is 9.94. The average molecular weight is 274 g/mol. The van der Waals surface area contributed by atoms with Crippen molar-refractivity contribution >= 4 is 5.91 Å². The minimum absolute atomic E-state index is 0.0716. The largest absolute Gasteiger partial charge is 0.352 e. The highest BCUT2D eigenvalue weighted by molar-refractivity contribution is 5.77. The lowest BCUT2D eigenvalue weighted by Crippen LogP contribution is -2.41. The number of nitrogens with two attached hydrogens (primary N) is 1. The molecule has 0 atom stereocenters. The van der Waals surface area contributed by atoms with E-state index in [0.717, 1.165) is 31.2 Å². The number of benzene rings is 1. The zero-order chi connectivity index (χ0) is 14.6. The summed E-state index contributed by atoms with van der Waals surface area (Å²) in [6, 6.07) is 8.44. The van der Waals surface area contributed by atoms with Crippen LogP contribution in [-0.2, 0) is 11.3 Å². The van der Waals surface area contributed by atoms with Crippen molar-refractivity contribution in [2.45, 2.75) is 64.0 Å². The molecule has 2 rings (SSSR count). The van der Waals surface area contributed by atoms with Crippen molar-refractivity contribution in [2.75, 3.05) is 0 Å². The lowest BCUT2D eigenvalue weighted by Gasteiger charge is -2.22. The monoisotopic (exact) mass is 274 g/mol. The van der Waals surface area contributed by atoms with Crippen molar-refractivity contribution in [3.63, 3.8) is 0 Å². The molecule has 0 unspecified atom stereocenters. The summed E-state index contributed by atoms with van der Waals surface area (Å²) in [4.78, 5) is 12.0. The standard InChI is InChI=1S/C17H26N2O/c1-13(2)15-7-5-14(6-8-15)12-19-16(20)11-17(18)9-3-4-10-17/h5-8,13H,3-4,9-12,18H2,1-2H3,(H,19,20). The van der Waals surface area contributed by atoms with Gasteiger partial charge in [-0.1, -0.05) is 51.0 Å². The van der Waals surface area contributed by atoms with Crippen molar-refractivity contribution in [1.29, 1.82) is 0 Å². The highest BCUT2D eigenvalue weighted by Gasteiger charge is 2.31. The Morgan fingerprint density at radius 3 is 2.40 bits per heavy atom. The fourth-order valence-electron chi connectivity index (χ4n) is 2.86. The average Bonchev–Trinajstić information content (AvgIpc) is 2.83. The molecule has 0 bridgehead atoms. The third-order valence-electron chi connectivity index (χ3n) is 4.25. The normalized spacial score (nSPS) is 17.4. The van der Waals surface area contributed by atoms with Crippen molar-refractivity contribution in [2.24, 2.45) is 5.73 Å². The summed E-state index contributed by atoms with van der Waals surface area (Å²) >= 11 is 0. The van der Waals surface area contributed by atoms with Crippen molar-refractivity contribution in [3.05, 3.63) is 35.4 Å². The summed E-state index contributed by atoms with van der Waals surface area (Å²) < 4.78 is 0. The van der Waals surface area contributed by atoms with Crippen LogP contribution in [0, 0.1) is 0 Å². The van der Waals surface area contributed by atoms with Crippen LogP contribution >= 0.6 is 0 Å². The summed E-state index contributed by atoms with van der Waals surface area (Å²) in [5.74, 6) is 0.612. The summed E-state index contributed by atoms with van der Waals surface area (Å²) in [5.41, 5.74) is 8.43. The van der Waals surface area contributed by atoms with Gasteiger partial charge in [0.2, 0.25) is 5.91 Å². The zero-order valence-corrected chi connectivity index (χ0v) is 12.6. The van der Waals surface area contributed by atoms with Crippen molar-refractivity contribution in [3.8, 4) is 0 Å². The Labute approximate surface area is 121 Å². The number of carbonyl (C=O) groups excluding carboxylic acids is 1. The summed E-state index contributed by atoms with van der Waals surface area (Å²) in [5, 5.41) is 2.98. The molecule has 3 N–H and O–H groups in total. The number of amides is 1. The van der Waals surface area contributed by atoms with Gasteiger partial charge >= 0.3 is 0 Å². The first-order chi connectivity index (χ1) is 9.48. The van der Waals surface area contributed by atoms with Crippen LogP contribution in [0.25, 0.3) is 0 Å². The van der Waals surface area contributed by atoms with E-state index in [4.69, 9.17) is 5.73 Å². The molecule has 3 heteroatoms. The van der Waals surface area contributed by atoms with Gasteiger partial charge in [-0.25, -0.2) is 0 Å². The fraction of sp³-hybridized carbons (Fsp3) is 0.588. The molecule has 110 valence electrons. The molecule has 0 aromatic heterocycles. The first-order valence-electron chi connectivity index (χ1n) is 7.63. The molecule has 3 nitrogen and oxygen atoms in total. The molecule has 1 fully saturated rings. The Morgan fingerprint density at radius 1 is 1.25 bits per heavy atom. The van der Waals surface area contributed by atoms with Gasteiger partial charge in [-0.3, -0.25) is 4.79 Å². The van der Waals surface area contributed by atoms with E-state index in [1.807, 2.05) is 0 Å². The van der Waals surface area contributed by atoms with Crippen LogP contribution in [-0.4, -0.2) is 11.4 Å². The third-order valence-corrected chi connectivity index (χ3v) is 4.25. The highest BCUT2D eigenvalue weighted by atomic mass is 16.1. The predicted octanol–water partition coefficient (Wildman–Crippen LogP) is 3.09. The molecular weight excluding hydrogens is 248 g/mol. The predicted molar refractivity (Wildman–Crippen MR) is 82.4 cm³/mol. The Balaban J connectivity index is 1.81. The van der Waals surface area contributed by atoms with Crippen LogP contribution in [0.15, 0.2) is 24.3 Å². The maximum atomic E-state index is 12.0. The zero-order valence-electron chi connectivity index (χ0n) is 12.6. The number of rotatable bonds is 5. The smallest absolute Gasteiger partial charge is 0.222 e. The molecule has 1 amide bonds. The van der Waals surface area contributed by atoms with Crippen LogP contribution in [0.5, 0.6) is 0 Å². The Morgan fingerprint density at radius 2 is 1.85 bits per heavy atom. The molecule has 1 aliphatic carbocycles. The summed E-state index contributed by atoms with van der Waals surface area (Å²) in [6.07, 6.45) is 4.71. The molecule has 0 heterocycles. The minimum atomic E-state index is -0.258. The van der Waals surface area contributed by atoms with Crippen LogP contribution in [0.4, 0.5) is 0 Å². The summed E-state index contributed by atoms with van der Waals surface area (Å²) in [7, 11) is 0. The van der Waals surface area contributed by atoms with Gasteiger partial charge in [0.25, 0.3) is 0 Å². The second-order valence-corrected chi connectivity index (χ2v) is 6.42. The number of hydrogen-bond donors (Lipinski definition) is 2. The molecule has 1 aromatic rings. The van der Waals surface area contributed by atoms with Gasteiger partial charge in [-0.05, 0) is 29.9 Å². The number of carbonyl (C=O) groups is 1.